The van der Waals surface area contributed by atoms with E-state index in [1.165, 1.54) is 32.1 Å². The zero-order chi connectivity index (χ0) is 13.6. The molecule has 2 N–H and O–H groups in total. The van der Waals surface area contributed by atoms with Crippen LogP contribution in [-0.4, -0.2) is 30.6 Å². The van der Waals surface area contributed by atoms with Crippen LogP contribution in [0.3, 0.4) is 0 Å². The maximum atomic E-state index is 11.5. The van der Waals surface area contributed by atoms with Gasteiger partial charge in [-0.25, -0.2) is 0 Å². The lowest BCUT2D eigenvalue weighted by Crippen LogP contribution is -2.33. The van der Waals surface area contributed by atoms with E-state index in [9.17, 15) is 4.79 Å². The van der Waals surface area contributed by atoms with Gasteiger partial charge in [0.25, 0.3) is 0 Å². The van der Waals surface area contributed by atoms with Crippen molar-refractivity contribution in [2.24, 2.45) is 5.73 Å². The fraction of sp³-hybridized carbons (Fsp3) is 0.929. The molecule has 1 atom stereocenters. The Hall–Kier alpha value is -0.220. The van der Waals surface area contributed by atoms with Gasteiger partial charge >= 0.3 is 5.97 Å². The van der Waals surface area contributed by atoms with Crippen molar-refractivity contribution in [3.63, 3.8) is 0 Å². The first kappa shape index (κ1) is 17.8. The van der Waals surface area contributed by atoms with E-state index >= 15 is 0 Å². The molecule has 108 valence electrons. The molecule has 0 rings (SSSR count). The van der Waals surface area contributed by atoms with Gasteiger partial charge < -0.3 is 10.5 Å². The van der Waals surface area contributed by atoms with E-state index in [0.717, 1.165) is 18.6 Å². The molecule has 0 aromatic heterocycles. The number of ether oxygens (including phenoxy) is 1. The second kappa shape index (κ2) is 13.2. The van der Waals surface area contributed by atoms with Gasteiger partial charge in [-0.3, -0.25) is 4.79 Å². The van der Waals surface area contributed by atoms with E-state index < -0.39 is 6.04 Å². The van der Waals surface area contributed by atoms with Gasteiger partial charge in [-0.15, -0.1) is 0 Å². The van der Waals surface area contributed by atoms with Gasteiger partial charge in [0.1, 0.15) is 6.04 Å². The molecule has 0 amide bonds. The third kappa shape index (κ3) is 10.9. The molecule has 0 aromatic carbocycles. The first-order chi connectivity index (χ1) is 8.72. The summed E-state index contributed by atoms with van der Waals surface area (Å²) in [7, 11) is 0. The zero-order valence-corrected chi connectivity index (χ0v) is 12.8. The fourth-order valence-corrected chi connectivity index (χ4v) is 2.19. The van der Waals surface area contributed by atoms with Crippen molar-refractivity contribution in [1.29, 1.82) is 0 Å². The molecule has 0 spiro atoms. The highest BCUT2D eigenvalue weighted by Gasteiger charge is 2.13. The van der Waals surface area contributed by atoms with Crippen LogP contribution in [0, 0.1) is 0 Å². The van der Waals surface area contributed by atoms with Crippen LogP contribution in [0.2, 0.25) is 0 Å². The Bertz CT molecular complexity index is 200. The van der Waals surface area contributed by atoms with Gasteiger partial charge in [-0.1, -0.05) is 45.4 Å². The van der Waals surface area contributed by atoms with Gasteiger partial charge in [0.05, 0.1) is 6.61 Å². The molecule has 18 heavy (non-hydrogen) atoms. The molecule has 0 bridgehead atoms. The molecule has 0 heterocycles. The summed E-state index contributed by atoms with van der Waals surface area (Å²) in [5.41, 5.74) is 5.71. The molecule has 0 aromatic rings. The Morgan fingerprint density at radius 1 is 1.17 bits per heavy atom. The summed E-state index contributed by atoms with van der Waals surface area (Å²) >= 11 is 1.70. The summed E-state index contributed by atoms with van der Waals surface area (Å²) < 4.78 is 5.16. The zero-order valence-electron chi connectivity index (χ0n) is 12.0. The SMILES string of the molecule is CCCCCCCCCOC(=O)[C@@H](N)CCSC. The van der Waals surface area contributed by atoms with Crippen LogP contribution in [0.1, 0.15) is 58.3 Å². The van der Waals surface area contributed by atoms with Crippen LogP contribution in [0.4, 0.5) is 0 Å². The standard InChI is InChI=1S/C14H29NO2S/c1-3-4-5-6-7-8-9-11-17-14(16)13(15)10-12-18-2/h13H,3-12,15H2,1-2H3/t13-/m0/s1. The molecule has 4 heteroatoms. The quantitative estimate of drug-likeness (QED) is 0.438. The minimum atomic E-state index is -0.443. The molecule has 0 aliphatic heterocycles. The van der Waals surface area contributed by atoms with Crippen LogP contribution in [0.15, 0.2) is 0 Å². The normalized spacial score (nSPS) is 12.4. The van der Waals surface area contributed by atoms with Crippen LogP contribution in [0.5, 0.6) is 0 Å². The van der Waals surface area contributed by atoms with Crippen molar-refractivity contribution in [2.75, 3.05) is 18.6 Å². The van der Waals surface area contributed by atoms with E-state index in [1.54, 1.807) is 11.8 Å². The summed E-state index contributed by atoms with van der Waals surface area (Å²) in [6, 6.07) is -0.443. The molecule has 0 unspecified atom stereocenters. The Morgan fingerprint density at radius 2 is 1.78 bits per heavy atom. The number of hydrogen-bond donors (Lipinski definition) is 1. The lowest BCUT2D eigenvalue weighted by molar-refractivity contribution is -0.145. The van der Waals surface area contributed by atoms with E-state index in [2.05, 4.69) is 6.92 Å². The first-order valence-electron chi connectivity index (χ1n) is 7.13. The highest BCUT2D eigenvalue weighted by atomic mass is 32.2. The second-order valence-corrected chi connectivity index (χ2v) is 5.66. The number of thioether (sulfide) groups is 1. The largest absolute Gasteiger partial charge is 0.465 e. The van der Waals surface area contributed by atoms with Crippen LogP contribution >= 0.6 is 11.8 Å². The van der Waals surface area contributed by atoms with E-state index in [4.69, 9.17) is 10.5 Å². The van der Waals surface area contributed by atoms with Gasteiger partial charge in [0, 0.05) is 0 Å². The highest BCUT2D eigenvalue weighted by molar-refractivity contribution is 7.98. The van der Waals surface area contributed by atoms with Crippen LogP contribution < -0.4 is 5.73 Å². The smallest absolute Gasteiger partial charge is 0.322 e. The summed E-state index contributed by atoms with van der Waals surface area (Å²) in [5, 5.41) is 0. The van der Waals surface area contributed by atoms with Crippen molar-refractivity contribution < 1.29 is 9.53 Å². The molecule has 0 fully saturated rings. The predicted octanol–water partition coefficient (Wildman–Crippen LogP) is 3.36. The summed E-state index contributed by atoms with van der Waals surface area (Å²) in [5.74, 6) is 0.670. The van der Waals surface area contributed by atoms with Crippen molar-refractivity contribution in [1.82, 2.24) is 0 Å². The molecule has 0 saturated heterocycles. The van der Waals surface area contributed by atoms with Gasteiger partial charge in [0.15, 0.2) is 0 Å². The van der Waals surface area contributed by atoms with Crippen molar-refractivity contribution in [3.05, 3.63) is 0 Å². The third-order valence-corrected chi connectivity index (χ3v) is 3.57. The highest BCUT2D eigenvalue weighted by Crippen LogP contribution is 2.07. The summed E-state index contributed by atoms with van der Waals surface area (Å²) in [6.07, 6.45) is 11.3. The van der Waals surface area contributed by atoms with Gasteiger partial charge in [0.2, 0.25) is 0 Å². The first-order valence-corrected chi connectivity index (χ1v) is 8.53. The maximum Gasteiger partial charge on any atom is 0.322 e. The second-order valence-electron chi connectivity index (χ2n) is 4.68. The number of carbonyl (C=O) groups excluding carboxylic acids is 1. The number of unbranched alkanes of at least 4 members (excludes halogenated alkanes) is 6. The molecule has 0 aliphatic carbocycles. The molecular weight excluding hydrogens is 246 g/mol. The molecule has 0 saturated carbocycles. The van der Waals surface area contributed by atoms with Crippen LogP contribution in [0.25, 0.3) is 0 Å². The predicted molar refractivity (Wildman–Crippen MR) is 79.9 cm³/mol. The number of carbonyl (C=O) groups is 1. The third-order valence-electron chi connectivity index (χ3n) is 2.93. The van der Waals surface area contributed by atoms with Crippen molar-refractivity contribution >= 4 is 17.7 Å². The molecule has 0 aliphatic rings. The molecule has 3 nitrogen and oxygen atoms in total. The Balaban J connectivity index is 3.29. The Morgan fingerprint density at radius 3 is 2.39 bits per heavy atom. The van der Waals surface area contributed by atoms with E-state index in [0.29, 0.717) is 13.0 Å². The van der Waals surface area contributed by atoms with Gasteiger partial charge in [-0.2, -0.15) is 11.8 Å². The lowest BCUT2D eigenvalue weighted by Gasteiger charge is -2.10. The number of nitrogens with two attached hydrogens (primary N) is 1. The number of hydrogen-bond acceptors (Lipinski definition) is 4. The average Bonchev–Trinajstić information content (AvgIpc) is 2.38. The number of esters is 1. The maximum absolute atomic E-state index is 11.5. The van der Waals surface area contributed by atoms with E-state index in [-0.39, 0.29) is 5.97 Å². The average molecular weight is 275 g/mol. The summed E-state index contributed by atoms with van der Waals surface area (Å²) in [6.45, 7) is 2.75. The van der Waals surface area contributed by atoms with E-state index in [1.807, 2.05) is 6.26 Å². The minimum Gasteiger partial charge on any atom is -0.465 e. The van der Waals surface area contributed by atoms with Crippen molar-refractivity contribution in [2.45, 2.75) is 64.3 Å². The molecule has 0 radical (unpaired) electrons. The van der Waals surface area contributed by atoms with Crippen LogP contribution in [-0.2, 0) is 9.53 Å². The monoisotopic (exact) mass is 275 g/mol. The summed E-state index contributed by atoms with van der Waals surface area (Å²) in [4.78, 5) is 11.5. The Labute approximate surface area is 116 Å². The minimum absolute atomic E-state index is 0.241. The topological polar surface area (TPSA) is 52.3 Å². The van der Waals surface area contributed by atoms with Crippen molar-refractivity contribution in [3.8, 4) is 0 Å². The fourth-order valence-electron chi connectivity index (χ4n) is 1.70. The Kier molecular flexibility index (Phi) is 13.1. The lowest BCUT2D eigenvalue weighted by atomic mass is 10.1. The number of rotatable bonds is 12. The van der Waals surface area contributed by atoms with Gasteiger partial charge in [-0.05, 0) is 24.9 Å². The molecular formula is C14H29NO2S.